The Hall–Kier alpha value is -1.10. The molecule has 0 saturated heterocycles. The number of carbonyl (C=O) groups is 2. The predicted molar refractivity (Wildman–Crippen MR) is 62.0 cm³/mol. The lowest BCUT2D eigenvalue weighted by Crippen LogP contribution is -2.42. The minimum Gasteiger partial charge on any atom is -0.481 e. The summed E-state index contributed by atoms with van der Waals surface area (Å²) in [7, 11) is 4.16. The van der Waals surface area contributed by atoms with Gasteiger partial charge in [0.25, 0.3) is 0 Å². The molecule has 0 saturated carbocycles. The Morgan fingerprint density at radius 2 is 1.75 bits per heavy atom. The van der Waals surface area contributed by atoms with Crippen LogP contribution < -0.4 is 5.32 Å². The second-order valence-corrected chi connectivity index (χ2v) is 4.72. The summed E-state index contributed by atoms with van der Waals surface area (Å²) in [5.41, 5.74) is 0. The van der Waals surface area contributed by atoms with Gasteiger partial charge >= 0.3 is 5.97 Å². The molecule has 5 nitrogen and oxygen atoms in total. The first-order chi connectivity index (χ1) is 7.33. The smallest absolute Gasteiger partial charge is 0.303 e. The molecule has 0 aliphatic heterocycles. The number of hydrogen-bond donors (Lipinski definition) is 2. The van der Waals surface area contributed by atoms with Crippen LogP contribution in [0.15, 0.2) is 0 Å². The summed E-state index contributed by atoms with van der Waals surface area (Å²) < 4.78 is 0.798. The Kier molecular flexibility index (Phi) is 6.72. The molecule has 16 heavy (non-hydrogen) atoms. The van der Waals surface area contributed by atoms with Crippen molar-refractivity contribution in [2.75, 3.05) is 33.7 Å². The van der Waals surface area contributed by atoms with Crippen LogP contribution in [0, 0.1) is 0 Å². The third-order valence-corrected chi connectivity index (χ3v) is 2.47. The molecule has 5 heteroatoms. The SMILES string of the molecule is CC(=O)NCCC[N+](C)(C)CCCC(=O)O. The number of rotatable bonds is 8. The van der Waals surface area contributed by atoms with E-state index < -0.39 is 5.97 Å². The zero-order chi connectivity index (χ0) is 12.6. The maximum atomic E-state index is 10.6. The molecule has 0 atom stereocenters. The average Bonchev–Trinajstić information content (AvgIpc) is 2.11. The van der Waals surface area contributed by atoms with Gasteiger partial charge in [-0.25, -0.2) is 0 Å². The molecule has 0 rings (SSSR count). The topological polar surface area (TPSA) is 66.4 Å². The standard InChI is InChI=1S/C11H22N2O3/c1-10(14)12-7-5-9-13(2,3)8-4-6-11(15)16/h4-9H2,1-3H3,(H-,12,14,15,16)/p+1. The zero-order valence-corrected chi connectivity index (χ0v) is 10.5. The number of nitrogens with one attached hydrogen (secondary N) is 1. The lowest BCUT2D eigenvalue weighted by molar-refractivity contribution is -0.890. The summed E-state index contributed by atoms with van der Waals surface area (Å²) >= 11 is 0. The van der Waals surface area contributed by atoms with E-state index in [0.717, 1.165) is 24.0 Å². The zero-order valence-electron chi connectivity index (χ0n) is 10.5. The Morgan fingerprint density at radius 1 is 1.19 bits per heavy atom. The second kappa shape index (κ2) is 7.22. The number of quaternary nitrogens is 1. The van der Waals surface area contributed by atoms with Crippen molar-refractivity contribution in [1.82, 2.24) is 5.32 Å². The third kappa shape index (κ3) is 9.45. The molecule has 0 radical (unpaired) electrons. The van der Waals surface area contributed by atoms with Gasteiger partial charge in [0, 0.05) is 26.3 Å². The van der Waals surface area contributed by atoms with Gasteiger partial charge < -0.3 is 14.9 Å². The first kappa shape index (κ1) is 14.9. The Labute approximate surface area is 97.0 Å². The highest BCUT2D eigenvalue weighted by molar-refractivity contribution is 5.72. The van der Waals surface area contributed by atoms with Gasteiger partial charge in [0.1, 0.15) is 0 Å². The van der Waals surface area contributed by atoms with Crippen LogP contribution in [0.1, 0.15) is 26.2 Å². The molecular formula is C11H23N2O3+. The monoisotopic (exact) mass is 231 g/mol. The van der Waals surface area contributed by atoms with Crippen LogP contribution in [-0.2, 0) is 9.59 Å². The molecule has 0 unspecified atom stereocenters. The van der Waals surface area contributed by atoms with Crippen LogP contribution in [0.3, 0.4) is 0 Å². The largest absolute Gasteiger partial charge is 0.481 e. The molecule has 0 aliphatic carbocycles. The van der Waals surface area contributed by atoms with Crippen LogP contribution in [0.25, 0.3) is 0 Å². The van der Waals surface area contributed by atoms with E-state index in [2.05, 4.69) is 19.4 Å². The van der Waals surface area contributed by atoms with Crippen molar-refractivity contribution in [3.05, 3.63) is 0 Å². The van der Waals surface area contributed by atoms with Crippen molar-refractivity contribution < 1.29 is 19.2 Å². The molecule has 0 aromatic rings. The highest BCUT2D eigenvalue weighted by atomic mass is 16.4. The van der Waals surface area contributed by atoms with Gasteiger partial charge in [-0.1, -0.05) is 0 Å². The maximum Gasteiger partial charge on any atom is 0.303 e. The normalized spacial score (nSPS) is 11.2. The lowest BCUT2D eigenvalue weighted by atomic mass is 10.2. The van der Waals surface area contributed by atoms with Gasteiger partial charge in [0.15, 0.2) is 0 Å². The van der Waals surface area contributed by atoms with E-state index in [9.17, 15) is 9.59 Å². The summed E-state index contributed by atoms with van der Waals surface area (Å²) in [4.78, 5) is 21.0. The van der Waals surface area contributed by atoms with E-state index in [1.807, 2.05) is 0 Å². The van der Waals surface area contributed by atoms with Gasteiger partial charge in [-0.05, 0) is 0 Å². The van der Waals surface area contributed by atoms with Gasteiger partial charge in [-0.15, -0.1) is 0 Å². The van der Waals surface area contributed by atoms with E-state index in [0.29, 0.717) is 13.0 Å². The number of nitrogens with zero attached hydrogens (tertiary/aromatic N) is 1. The van der Waals surface area contributed by atoms with E-state index in [1.54, 1.807) is 0 Å². The maximum absolute atomic E-state index is 10.6. The average molecular weight is 231 g/mol. The fourth-order valence-electron chi connectivity index (χ4n) is 1.54. The quantitative estimate of drug-likeness (QED) is 0.471. The summed E-state index contributed by atoms with van der Waals surface area (Å²) in [5.74, 6) is -0.741. The van der Waals surface area contributed by atoms with Gasteiger partial charge in [-0.3, -0.25) is 9.59 Å². The Balaban J connectivity index is 3.61. The Bertz CT molecular complexity index is 239. The van der Waals surface area contributed by atoms with Crippen molar-refractivity contribution in [1.29, 1.82) is 0 Å². The van der Waals surface area contributed by atoms with Gasteiger partial charge in [0.2, 0.25) is 5.91 Å². The second-order valence-electron chi connectivity index (χ2n) is 4.72. The predicted octanol–water partition coefficient (Wildman–Crippen LogP) is 0.454. The van der Waals surface area contributed by atoms with E-state index in [4.69, 9.17) is 5.11 Å². The van der Waals surface area contributed by atoms with Crippen LogP contribution >= 0.6 is 0 Å². The van der Waals surface area contributed by atoms with Crippen molar-refractivity contribution in [2.45, 2.75) is 26.2 Å². The molecule has 0 aromatic carbocycles. The van der Waals surface area contributed by atoms with Crippen LogP contribution in [-0.4, -0.2) is 55.2 Å². The van der Waals surface area contributed by atoms with Crippen molar-refractivity contribution >= 4 is 11.9 Å². The first-order valence-corrected chi connectivity index (χ1v) is 5.62. The van der Waals surface area contributed by atoms with E-state index in [1.165, 1.54) is 6.92 Å². The number of carbonyl (C=O) groups excluding carboxylic acids is 1. The molecule has 1 amide bonds. The fourth-order valence-corrected chi connectivity index (χ4v) is 1.54. The molecule has 0 fully saturated rings. The van der Waals surface area contributed by atoms with Crippen LogP contribution in [0.4, 0.5) is 0 Å². The number of carboxylic acids is 1. The Morgan fingerprint density at radius 3 is 2.25 bits per heavy atom. The number of amides is 1. The van der Waals surface area contributed by atoms with Crippen molar-refractivity contribution in [3.8, 4) is 0 Å². The van der Waals surface area contributed by atoms with E-state index in [-0.39, 0.29) is 12.3 Å². The summed E-state index contributed by atoms with van der Waals surface area (Å²) in [6.45, 7) is 4.00. The number of carboxylic acid groups (broad SMARTS) is 1. The molecule has 0 aromatic heterocycles. The third-order valence-electron chi connectivity index (χ3n) is 2.47. The van der Waals surface area contributed by atoms with Crippen molar-refractivity contribution in [3.63, 3.8) is 0 Å². The lowest BCUT2D eigenvalue weighted by Gasteiger charge is -2.29. The minimum absolute atomic E-state index is 0.00353. The molecule has 0 spiro atoms. The number of hydrogen-bond acceptors (Lipinski definition) is 2. The van der Waals surface area contributed by atoms with Crippen LogP contribution in [0.5, 0.6) is 0 Å². The van der Waals surface area contributed by atoms with Gasteiger partial charge in [0.05, 0.1) is 33.6 Å². The summed E-state index contributed by atoms with van der Waals surface area (Å²) in [6.07, 6.45) is 1.84. The highest BCUT2D eigenvalue weighted by Crippen LogP contribution is 2.03. The van der Waals surface area contributed by atoms with Gasteiger partial charge in [-0.2, -0.15) is 0 Å². The molecular weight excluding hydrogens is 208 g/mol. The molecule has 2 N–H and O–H groups in total. The first-order valence-electron chi connectivity index (χ1n) is 5.62. The summed E-state index contributed by atoms with van der Waals surface area (Å²) in [5, 5.41) is 11.3. The summed E-state index contributed by atoms with van der Waals surface area (Å²) in [6, 6.07) is 0. The number of aliphatic carboxylic acids is 1. The van der Waals surface area contributed by atoms with Crippen molar-refractivity contribution in [2.24, 2.45) is 0 Å². The highest BCUT2D eigenvalue weighted by Gasteiger charge is 2.14. The molecule has 0 bridgehead atoms. The van der Waals surface area contributed by atoms with E-state index >= 15 is 0 Å². The van der Waals surface area contributed by atoms with Crippen LogP contribution in [0.2, 0.25) is 0 Å². The molecule has 94 valence electrons. The molecule has 0 heterocycles. The minimum atomic E-state index is -0.738. The molecule has 0 aliphatic rings. The fraction of sp³-hybridized carbons (Fsp3) is 0.818.